The number of ketones is 1. The minimum absolute atomic E-state index is 0.0313. The summed E-state index contributed by atoms with van der Waals surface area (Å²) in [7, 11) is 0. The van der Waals surface area contributed by atoms with Gasteiger partial charge in [-0.15, -0.1) is 21.5 Å². The lowest BCUT2D eigenvalue weighted by Gasteiger charge is -2.23. The fourth-order valence-electron chi connectivity index (χ4n) is 3.54. The van der Waals surface area contributed by atoms with Gasteiger partial charge in [-0.2, -0.15) is 0 Å². The molecule has 4 heterocycles. The second-order valence-electron chi connectivity index (χ2n) is 7.16. The predicted molar refractivity (Wildman–Crippen MR) is 129 cm³/mol. The number of hydrogen-bond acceptors (Lipinski definition) is 9. The van der Waals surface area contributed by atoms with Crippen LogP contribution in [0, 0.1) is 5.82 Å². The van der Waals surface area contributed by atoms with E-state index in [-0.39, 0.29) is 16.5 Å². The minimum atomic E-state index is -0.909. The van der Waals surface area contributed by atoms with Gasteiger partial charge < -0.3 is 5.11 Å². The van der Waals surface area contributed by atoms with Gasteiger partial charge in [0.15, 0.2) is 10.1 Å². The first-order valence-electron chi connectivity index (χ1n) is 9.99. The summed E-state index contributed by atoms with van der Waals surface area (Å²) in [6.45, 7) is 0. The third-order valence-electron chi connectivity index (χ3n) is 5.11. The number of aliphatic hydroxyl groups is 1. The average molecular weight is 511 g/mol. The molecule has 0 fully saturated rings. The molecule has 5 rings (SSSR count). The number of halogens is 1. The molecule has 11 heteroatoms. The van der Waals surface area contributed by atoms with Crippen LogP contribution in [0.25, 0.3) is 0 Å². The standard InChI is InChI=1S/C23H15FN4O3S3/c24-15-7-2-1-5-14(15)12-33-23-27-26-22(34-23)28-18(13-6-3-9-25-11-13)17(20(30)21(28)31)19(29)16-8-4-10-32-16/h1-11,18,30H,12H2. The van der Waals surface area contributed by atoms with Crippen molar-refractivity contribution in [1.82, 2.24) is 15.2 Å². The van der Waals surface area contributed by atoms with Crippen molar-refractivity contribution in [2.45, 2.75) is 16.1 Å². The lowest BCUT2D eigenvalue weighted by molar-refractivity contribution is -0.117. The van der Waals surface area contributed by atoms with E-state index < -0.39 is 23.5 Å². The van der Waals surface area contributed by atoms with E-state index in [1.54, 1.807) is 60.2 Å². The Labute approximate surface area is 205 Å². The Balaban J connectivity index is 1.48. The maximum absolute atomic E-state index is 13.9. The third kappa shape index (κ3) is 4.13. The molecule has 34 heavy (non-hydrogen) atoms. The number of rotatable bonds is 7. The van der Waals surface area contributed by atoms with Crippen LogP contribution in [0.5, 0.6) is 0 Å². The molecule has 0 spiro atoms. The van der Waals surface area contributed by atoms with Crippen molar-refractivity contribution in [1.29, 1.82) is 0 Å². The first-order chi connectivity index (χ1) is 16.5. The maximum atomic E-state index is 13.9. The summed E-state index contributed by atoms with van der Waals surface area (Å²) >= 11 is 3.64. The van der Waals surface area contributed by atoms with Crippen LogP contribution in [0.1, 0.15) is 26.8 Å². The van der Waals surface area contributed by atoms with Crippen molar-refractivity contribution in [2.24, 2.45) is 0 Å². The number of hydrogen-bond donors (Lipinski definition) is 1. The summed E-state index contributed by atoms with van der Waals surface area (Å²) in [6.07, 6.45) is 3.12. The fraction of sp³-hybridized carbons (Fsp3) is 0.0870. The van der Waals surface area contributed by atoms with Crippen molar-refractivity contribution in [3.8, 4) is 0 Å². The van der Waals surface area contributed by atoms with Crippen LogP contribution in [-0.2, 0) is 10.5 Å². The summed E-state index contributed by atoms with van der Waals surface area (Å²) < 4.78 is 14.5. The van der Waals surface area contributed by atoms with Crippen LogP contribution in [0.15, 0.2) is 82.0 Å². The molecule has 170 valence electrons. The molecule has 0 bridgehead atoms. The van der Waals surface area contributed by atoms with Gasteiger partial charge in [0.2, 0.25) is 10.9 Å². The van der Waals surface area contributed by atoms with E-state index in [1.165, 1.54) is 34.1 Å². The summed E-state index contributed by atoms with van der Waals surface area (Å²) in [5.41, 5.74) is 1.05. The van der Waals surface area contributed by atoms with Crippen molar-refractivity contribution in [3.63, 3.8) is 0 Å². The predicted octanol–water partition coefficient (Wildman–Crippen LogP) is 5.21. The Morgan fingerprint density at radius 3 is 2.74 bits per heavy atom. The third-order valence-corrected chi connectivity index (χ3v) is 8.08. The Morgan fingerprint density at radius 1 is 1.15 bits per heavy atom. The highest BCUT2D eigenvalue weighted by Crippen LogP contribution is 2.44. The zero-order valence-electron chi connectivity index (χ0n) is 17.3. The molecular formula is C23H15FN4O3S3. The lowest BCUT2D eigenvalue weighted by Crippen LogP contribution is -2.31. The zero-order chi connectivity index (χ0) is 23.7. The number of aromatic nitrogens is 3. The van der Waals surface area contributed by atoms with Gasteiger partial charge in [-0.1, -0.05) is 53.4 Å². The summed E-state index contributed by atoms with van der Waals surface area (Å²) in [4.78, 5) is 32.2. The topological polar surface area (TPSA) is 96.3 Å². The van der Waals surface area contributed by atoms with Crippen LogP contribution in [0.4, 0.5) is 9.52 Å². The molecule has 4 aromatic rings. The average Bonchev–Trinajstić information content (AvgIpc) is 3.60. The molecule has 1 atom stereocenters. The van der Waals surface area contributed by atoms with Gasteiger partial charge in [0, 0.05) is 18.1 Å². The van der Waals surface area contributed by atoms with Gasteiger partial charge in [0.05, 0.1) is 16.5 Å². The molecule has 3 aromatic heterocycles. The molecule has 7 nitrogen and oxygen atoms in total. The SMILES string of the molecule is O=C(C1=C(O)C(=O)N(c2nnc(SCc3ccccc3F)s2)C1c1cccnc1)c1cccs1. The summed E-state index contributed by atoms with van der Waals surface area (Å²) in [5, 5.41) is 21.0. The maximum Gasteiger partial charge on any atom is 0.296 e. The summed E-state index contributed by atoms with van der Waals surface area (Å²) in [6, 6.07) is 12.3. The molecule has 1 aromatic carbocycles. The minimum Gasteiger partial charge on any atom is -0.503 e. The smallest absolute Gasteiger partial charge is 0.296 e. The molecule has 0 radical (unpaired) electrons. The van der Waals surface area contributed by atoms with Crippen LogP contribution in [-0.4, -0.2) is 32.0 Å². The van der Waals surface area contributed by atoms with E-state index in [2.05, 4.69) is 15.2 Å². The van der Waals surface area contributed by atoms with E-state index in [1.807, 2.05) is 0 Å². The fourth-order valence-corrected chi connectivity index (χ4v) is 6.07. The lowest BCUT2D eigenvalue weighted by atomic mass is 9.97. The Kier molecular flexibility index (Phi) is 6.22. The highest BCUT2D eigenvalue weighted by atomic mass is 32.2. The van der Waals surface area contributed by atoms with Crippen LogP contribution < -0.4 is 4.90 Å². The first-order valence-corrected chi connectivity index (χ1v) is 12.7. The number of carbonyl (C=O) groups excluding carboxylic acids is 2. The number of carbonyl (C=O) groups is 2. The molecule has 0 saturated carbocycles. The molecule has 1 aliphatic heterocycles. The Morgan fingerprint density at radius 2 is 2.00 bits per heavy atom. The van der Waals surface area contributed by atoms with Gasteiger partial charge in [-0.25, -0.2) is 4.39 Å². The molecule has 1 N–H and O–H groups in total. The number of anilines is 1. The number of pyridine rings is 1. The van der Waals surface area contributed by atoms with E-state index >= 15 is 0 Å². The second-order valence-corrected chi connectivity index (χ2v) is 10.3. The molecule has 1 aliphatic rings. The van der Waals surface area contributed by atoms with Gasteiger partial charge >= 0.3 is 0 Å². The highest BCUT2D eigenvalue weighted by molar-refractivity contribution is 8.00. The number of benzene rings is 1. The molecular weight excluding hydrogens is 495 g/mol. The van der Waals surface area contributed by atoms with Crippen molar-refractivity contribution in [2.75, 3.05) is 4.90 Å². The van der Waals surface area contributed by atoms with Crippen LogP contribution in [0.2, 0.25) is 0 Å². The number of nitrogens with zero attached hydrogens (tertiary/aromatic N) is 4. The quantitative estimate of drug-likeness (QED) is 0.207. The van der Waals surface area contributed by atoms with E-state index in [9.17, 15) is 19.1 Å². The van der Waals surface area contributed by atoms with E-state index in [4.69, 9.17) is 0 Å². The number of amides is 1. The molecule has 0 aliphatic carbocycles. The molecule has 1 unspecified atom stereocenters. The number of thiophene rings is 1. The number of aliphatic hydroxyl groups excluding tert-OH is 1. The number of Topliss-reactive ketones (excluding diaryl/α,β-unsaturated/α-hetero) is 1. The van der Waals surface area contributed by atoms with Crippen molar-refractivity contribution >= 4 is 51.3 Å². The van der Waals surface area contributed by atoms with Gasteiger partial charge in [0.1, 0.15) is 5.82 Å². The molecule has 0 saturated heterocycles. The van der Waals surface area contributed by atoms with Crippen LogP contribution >= 0.6 is 34.4 Å². The largest absolute Gasteiger partial charge is 0.503 e. The number of thioether (sulfide) groups is 1. The molecule has 1 amide bonds. The van der Waals surface area contributed by atoms with Gasteiger partial charge in [-0.05, 0) is 34.7 Å². The Hall–Kier alpha value is -3.41. The Bertz CT molecular complexity index is 1390. The zero-order valence-corrected chi connectivity index (χ0v) is 19.7. The first kappa shape index (κ1) is 22.4. The van der Waals surface area contributed by atoms with E-state index in [0.717, 1.165) is 11.3 Å². The second kappa shape index (κ2) is 9.45. The van der Waals surface area contributed by atoms with E-state index in [0.29, 0.717) is 26.1 Å². The van der Waals surface area contributed by atoms with Gasteiger partial charge in [-0.3, -0.25) is 19.5 Å². The van der Waals surface area contributed by atoms with Crippen molar-refractivity contribution < 1.29 is 19.1 Å². The normalized spacial score (nSPS) is 15.9. The van der Waals surface area contributed by atoms with Crippen molar-refractivity contribution in [3.05, 3.63) is 99.5 Å². The van der Waals surface area contributed by atoms with Gasteiger partial charge in [0.25, 0.3) is 5.91 Å². The van der Waals surface area contributed by atoms with Crippen LogP contribution in [0.3, 0.4) is 0 Å². The summed E-state index contributed by atoms with van der Waals surface area (Å²) in [5.74, 6) is -1.77. The highest BCUT2D eigenvalue weighted by Gasteiger charge is 2.46. The monoisotopic (exact) mass is 510 g/mol.